The van der Waals surface area contributed by atoms with E-state index < -0.39 is 0 Å². The van der Waals surface area contributed by atoms with Crippen LogP contribution in [0.3, 0.4) is 0 Å². The second-order valence-corrected chi connectivity index (χ2v) is 6.03. The molecule has 4 nitrogen and oxygen atoms in total. The van der Waals surface area contributed by atoms with E-state index in [1.165, 1.54) is 32.1 Å². The Morgan fingerprint density at radius 1 is 1.20 bits per heavy atom. The Balaban J connectivity index is 1.99. The summed E-state index contributed by atoms with van der Waals surface area (Å²) in [6.07, 6.45) is 9.11. The van der Waals surface area contributed by atoms with E-state index >= 15 is 0 Å². The zero-order valence-corrected chi connectivity index (χ0v) is 12.9. The van der Waals surface area contributed by atoms with Gasteiger partial charge in [-0.3, -0.25) is 4.79 Å². The van der Waals surface area contributed by atoms with E-state index in [1.807, 2.05) is 0 Å². The van der Waals surface area contributed by atoms with Crippen LogP contribution in [-0.4, -0.2) is 46.3 Å². The van der Waals surface area contributed by atoms with Crippen molar-refractivity contribution >= 4 is 5.91 Å². The lowest BCUT2D eigenvalue weighted by atomic mass is 10.0. The molecule has 0 unspecified atom stereocenters. The third kappa shape index (κ3) is 7.25. The first-order chi connectivity index (χ1) is 9.63. The van der Waals surface area contributed by atoms with E-state index in [2.05, 4.69) is 6.92 Å². The number of hydrogen-bond acceptors (Lipinski definition) is 3. The average Bonchev–Trinajstić information content (AvgIpc) is 2.86. The van der Waals surface area contributed by atoms with Gasteiger partial charge < -0.3 is 15.1 Å². The molecule has 1 aliphatic rings. The normalized spacial score (nSPS) is 20.4. The molecule has 1 fully saturated rings. The molecule has 1 rings (SSSR count). The van der Waals surface area contributed by atoms with Crippen molar-refractivity contribution in [1.82, 2.24) is 4.90 Å². The Labute approximate surface area is 123 Å². The Morgan fingerprint density at radius 3 is 2.55 bits per heavy atom. The highest BCUT2D eigenvalue weighted by Crippen LogP contribution is 2.14. The van der Waals surface area contributed by atoms with Crippen LogP contribution in [0.2, 0.25) is 0 Å². The molecule has 20 heavy (non-hydrogen) atoms. The topological polar surface area (TPSA) is 60.8 Å². The standard InChI is InChI=1S/C16H31NO3/c1-2-3-4-5-6-7-8-14(18)9-10-16(20)17-12-11-15(19)13-17/h14-15,18-19H,2-13H2,1H3/t14-,15+/m0/s1. The highest BCUT2D eigenvalue weighted by molar-refractivity contribution is 5.76. The van der Waals surface area contributed by atoms with Crippen molar-refractivity contribution in [3.8, 4) is 0 Å². The van der Waals surface area contributed by atoms with Gasteiger partial charge in [0.1, 0.15) is 0 Å². The van der Waals surface area contributed by atoms with E-state index in [0.29, 0.717) is 32.4 Å². The maximum Gasteiger partial charge on any atom is 0.222 e. The van der Waals surface area contributed by atoms with Crippen molar-refractivity contribution in [2.45, 2.75) is 83.3 Å². The first-order valence-electron chi connectivity index (χ1n) is 8.27. The largest absolute Gasteiger partial charge is 0.393 e. The van der Waals surface area contributed by atoms with E-state index in [9.17, 15) is 15.0 Å². The summed E-state index contributed by atoms with van der Waals surface area (Å²) in [6.45, 7) is 3.33. The van der Waals surface area contributed by atoms with Gasteiger partial charge in [0.2, 0.25) is 5.91 Å². The molecular formula is C16H31NO3. The summed E-state index contributed by atoms with van der Waals surface area (Å²) < 4.78 is 0. The second-order valence-electron chi connectivity index (χ2n) is 6.03. The number of amides is 1. The van der Waals surface area contributed by atoms with Crippen LogP contribution in [-0.2, 0) is 4.79 Å². The number of rotatable bonds is 10. The van der Waals surface area contributed by atoms with Crippen molar-refractivity contribution in [2.75, 3.05) is 13.1 Å². The Morgan fingerprint density at radius 2 is 1.90 bits per heavy atom. The van der Waals surface area contributed by atoms with Crippen LogP contribution < -0.4 is 0 Å². The smallest absolute Gasteiger partial charge is 0.222 e. The van der Waals surface area contributed by atoms with Gasteiger partial charge in [-0.1, -0.05) is 45.4 Å². The van der Waals surface area contributed by atoms with Gasteiger partial charge in [0.25, 0.3) is 0 Å². The number of aliphatic hydroxyl groups excluding tert-OH is 2. The molecule has 1 saturated heterocycles. The molecule has 0 aromatic rings. The highest BCUT2D eigenvalue weighted by atomic mass is 16.3. The summed E-state index contributed by atoms with van der Waals surface area (Å²) in [4.78, 5) is 13.6. The Kier molecular flexibility index (Phi) is 8.86. The number of likely N-dealkylation sites (tertiary alicyclic amines) is 1. The van der Waals surface area contributed by atoms with Crippen molar-refractivity contribution in [3.63, 3.8) is 0 Å². The van der Waals surface area contributed by atoms with Crippen LogP contribution in [0, 0.1) is 0 Å². The quantitative estimate of drug-likeness (QED) is 0.606. The minimum Gasteiger partial charge on any atom is -0.393 e. The number of nitrogens with zero attached hydrogens (tertiary/aromatic N) is 1. The van der Waals surface area contributed by atoms with Crippen LogP contribution in [0.4, 0.5) is 0 Å². The third-order valence-corrected chi connectivity index (χ3v) is 4.10. The zero-order chi connectivity index (χ0) is 14.8. The molecule has 1 amide bonds. The predicted octanol–water partition coefficient (Wildman–Crippen LogP) is 2.47. The number of unbranched alkanes of at least 4 members (excludes halogenated alkanes) is 5. The summed E-state index contributed by atoms with van der Waals surface area (Å²) in [7, 11) is 0. The first-order valence-corrected chi connectivity index (χ1v) is 8.27. The van der Waals surface area contributed by atoms with Gasteiger partial charge in [-0.25, -0.2) is 0 Å². The maximum atomic E-state index is 11.8. The van der Waals surface area contributed by atoms with Crippen molar-refractivity contribution < 1.29 is 15.0 Å². The molecule has 0 saturated carbocycles. The van der Waals surface area contributed by atoms with Crippen LogP contribution in [0.5, 0.6) is 0 Å². The molecule has 1 heterocycles. The monoisotopic (exact) mass is 285 g/mol. The molecule has 2 N–H and O–H groups in total. The minimum atomic E-state index is -0.355. The third-order valence-electron chi connectivity index (χ3n) is 4.10. The lowest BCUT2D eigenvalue weighted by molar-refractivity contribution is -0.131. The van der Waals surface area contributed by atoms with Gasteiger partial charge in [0, 0.05) is 19.5 Å². The van der Waals surface area contributed by atoms with Crippen molar-refractivity contribution in [1.29, 1.82) is 0 Å². The highest BCUT2D eigenvalue weighted by Gasteiger charge is 2.24. The minimum absolute atomic E-state index is 0.0727. The summed E-state index contributed by atoms with van der Waals surface area (Å²) in [5.41, 5.74) is 0. The fraction of sp³-hybridized carbons (Fsp3) is 0.938. The molecule has 0 aromatic carbocycles. The molecule has 0 spiro atoms. The number of carbonyl (C=O) groups excluding carboxylic acids is 1. The molecule has 4 heteroatoms. The molecule has 0 aliphatic carbocycles. The molecule has 0 aromatic heterocycles. The number of aliphatic hydroxyl groups is 2. The van der Waals surface area contributed by atoms with E-state index in [1.54, 1.807) is 4.90 Å². The van der Waals surface area contributed by atoms with Gasteiger partial charge >= 0.3 is 0 Å². The second kappa shape index (κ2) is 10.2. The fourth-order valence-electron chi connectivity index (χ4n) is 2.72. The lowest BCUT2D eigenvalue weighted by Gasteiger charge is -2.17. The van der Waals surface area contributed by atoms with Gasteiger partial charge in [-0.05, 0) is 19.3 Å². The summed E-state index contributed by atoms with van der Waals surface area (Å²) in [5.74, 6) is 0.0727. The van der Waals surface area contributed by atoms with Gasteiger partial charge in [-0.2, -0.15) is 0 Å². The van der Waals surface area contributed by atoms with Gasteiger partial charge in [0.05, 0.1) is 12.2 Å². The van der Waals surface area contributed by atoms with Crippen LogP contribution in [0.15, 0.2) is 0 Å². The Bertz CT molecular complexity index is 270. The lowest BCUT2D eigenvalue weighted by Crippen LogP contribution is -2.30. The molecule has 0 radical (unpaired) electrons. The van der Waals surface area contributed by atoms with Gasteiger partial charge in [-0.15, -0.1) is 0 Å². The number of β-amino-alcohol motifs (C(OH)–C–C–N with tert-alkyl or cyclic N) is 1. The summed E-state index contributed by atoms with van der Waals surface area (Å²) in [5, 5.41) is 19.3. The molecule has 0 bridgehead atoms. The first kappa shape index (κ1) is 17.4. The van der Waals surface area contributed by atoms with Gasteiger partial charge in [0.15, 0.2) is 0 Å². The molecule has 118 valence electrons. The number of carbonyl (C=O) groups is 1. The zero-order valence-electron chi connectivity index (χ0n) is 12.9. The van der Waals surface area contributed by atoms with E-state index in [4.69, 9.17) is 0 Å². The van der Waals surface area contributed by atoms with Crippen molar-refractivity contribution in [3.05, 3.63) is 0 Å². The van der Waals surface area contributed by atoms with Crippen LogP contribution >= 0.6 is 0 Å². The summed E-state index contributed by atoms with van der Waals surface area (Å²) in [6, 6.07) is 0. The molecule has 2 atom stereocenters. The fourth-order valence-corrected chi connectivity index (χ4v) is 2.72. The van der Waals surface area contributed by atoms with E-state index in [0.717, 1.165) is 12.8 Å². The molecule has 1 aliphatic heterocycles. The average molecular weight is 285 g/mol. The number of hydrogen-bond donors (Lipinski definition) is 2. The van der Waals surface area contributed by atoms with E-state index in [-0.39, 0.29) is 18.1 Å². The van der Waals surface area contributed by atoms with Crippen LogP contribution in [0.1, 0.15) is 71.1 Å². The SMILES string of the molecule is CCCCCCCC[C@H](O)CCC(=O)N1CC[C@@H](O)C1. The summed E-state index contributed by atoms with van der Waals surface area (Å²) >= 11 is 0. The molecular weight excluding hydrogens is 254 g/mol. The maximum absolute atomic E-state index is 11.8. The predicted molar refractivity (Wildman–Crippen MR) is 80.4 cm³/mol. The van der Waals surface area contributed by atoms with Crippen molar-refractivity contribution in [2.24, 2.45) is 0 Å². The van der Waals surface area contributed by atoms with Crippen LogP contribution in [0.25, 0.3) is 0 Å². The Hall–Kier alpha value is -0.610.